The van der Waals surface area contributed by atoms with Crippen LogP contribution in [0.1, 0.15) is 17.3 Å². The van der Waals surface area contributed by atoms with Gasteiger partial charge in [-0.1, -0.05) is 35.5 Å². The molecule has 0 aromatic heterocycles. The Labute approximate surface area is 137 Å². The number of benzene rings is 2. The predicted octanol–water partition coefficient (Wildman–Crippen LogP) is 4.52. The Morgan fingerprint density at radius 2 is 1.82 bits per heavy atom. The van der Waals surface area contributed by atoms with Gasteiger partial charge in [0, 0.05) is 34.3 Å². The van der Waals surface area contributed by atoms with E-state index in [1.54, 1.807) is 36.5 Å². The number of fused-ring (bicyclic) bond motifs is 1. The fraction of sp³-hybridized carbons (Fsp3) is 0.0588. The van der Waals surface area contributed by atoms with Crippen LogP contribution in [0, 0.1) is 0 Å². The van der Waals surface area contributed by atoms with Crippen LogP contribution in [-0.4, -0.2) is 11.7 Å². The summed E-state index contributed by atoms with van der Waals surface area (Å²) in [7, 11) is 0. The molecule has 0 radical (unpaired) electrons. The zero-order chi connectivity index (χ0) is 15.7. The molecular weight excluding hydrogens is 318 g/mol. The highest BCUT2D eigenvalue weighted by Gasteiger charge is 2.26. The number of thioether (sulfide) groups is 1. The fourth-order valence-corrected chi connectivity index (χ4v) is 3.33. The SMILES string of the molecule is CC(=O)N(/C=C1/Sc2ccccc2C1=O)c1ccc(Cl)cc1. The largest absolute Gasteiger partial charge is 0.288 e. The van der Waals surface area contributed by atoms with Crippen LogP contribution in [0.2, 0.25) is 5.02 Å². The molecule has 5 heteroatoms. The number of allylic oxidation sites excluding steroid dienone is 1. The zero-order valence-corrected chi connectivity index (χ0v) is 13.3. The highest BCUT2D eigenvalue weighted by molar-refractivity contribution is 8.04. The van der Waals surface area contributed by atoms with Gasteiger partial charge in [-0.15, -0.1) is 0 Å². The Balaban J connectivity index is 1.97. The van der Waals surface area contributed by atoms with Crippen LogP contribution in [0.25, 0.3) is 0 Å². The number of carbonyl (C=O) groups excluding carboxylic acids is 2. The Kier molecular flexibility index (Phi) is 4.05. The van der Waals surface area contributed by atoms with Gasteiger partial charge in [0.05, 0.1) is 4.91 Å². The van der Waals surface area contributed by atoms with Gasteiger partial charge >= 0.3 is 0 Å². The fourth-order valence-electron chi connectivity index (χ4n) is 2.19. The third-order valence-electron chi connectivity index (χ3n) is 3.27. The van der Waals surface area contributed by atoms with Crippen molar-refractivity contribution in [2.24, 2.45) is 0 Å². The first-order chi connectivity index (χ1) is 10.6. The van der Waals surface area contributed by atoms with Gasteiger partial charge in [-0.2, -0.15) is 0 Å². The Morgan fingerprint density at radius 3 is 2.45 bits per heavy atom. The molecule has 0 fully saturated rings. The molecule has 2 aromatic carbocycles. The van der Waals surface area contributed by atoms with Crippen LogP contribution in [0.4, 0.5) is 5.69 Å². The van der Waals surface area contributed by atoms with E-state index in [2.05, 4.69) is 0 Å². The van der Waals surface area contributed by atoms with Crippen molar-refractivity contribution < 1.29 is 9.59 Å². The number of hydrogen-bond donors (Lipinski definition) is 0. The van der Waals surface area contributed by atoms with Gasteiger partial charge in [0.2, 0.25) is 11.7 Å². The normalized spacial score (nSPS) is 15.0. The van der Waals surface area contributed by atoms with Crippen LogP contribution in [-0.2, 0) is 4.79 Å². The molecule has 3 nitrogen and oxygen atoms in total. The van der Waals surface area contributed by atoms with E-state index in [1.165, 1.54) is 23.6 Å². The summed E-state index contributed by atoms with van der Waals surface area (Å²) < 4.78 is 0. The van der Waals surface area contributed by atoms with Crippen molar-refractivity contribution in [3.63, 3.8) is 0 Å². The molecular formula is C17H12ClNO2S. The first kappa shape index (κ1) is 14.9. The maximum absolute atomic E-state index is 12.4. The molecule has 0 bridgehead atoms. The molecule has 2 aromatic rings. The summed E-state index contributed by atoms with van der Waals surface area (Å²) in [5, 5.41) is 0.596. The number of carbonyl (C=O) groups is 2. The second-order valence-corrected chi connectivity index (χ2v) is 6.31. The third-order valence-corrected chi connectivity index (χ3v) is 4.60. The molecule has 3 rings (SSSR count). The quantitative estimate of drug-likeness (QED) is 0.760. The summed E-state index contributed by atoms with van der Waals surface area (Å²) in [5.74, 6) is -0.222. The van der Waals surface area contributed by atoms with E-state index in [-0.39, 0.29) is 11.7 Å². The molecule has 22 heavy (non-hydrogen) atoms. The van der Waals surface area contributed by atoms with Gasteiger partial charge in [-0.25, -0.2) is 0 Å². The lowest BCUT2D eigenvalue weighted by atomic mass is 10.1. The molecule has 0 N–H and O–H groups in total. The van der Waals surface area contributed by atoms with Crippen LogP contribution >= 0.6 is 23.4 Å². The Hall–Kier alpha value is -2.04. The van der Waals surface area contributed by atoms with Crippen LogP contribution in [0.5, 0.6) is 0 Å². The standard InChI is InChI=1S/C17H12ClNO2S/c1-11(20)19(13-8-6-12(18)7-9-13)10-16-17(21)14-4-2-3-5-15(14)22-16/h2-10H,1H3/b16-10+. The summed E-state index contributed by atoms with van der Waals surface area (Å²) in [6.07, 6.45) is 1.60. The monoisotopic (exact) mass is 329 g/mol. The van der Waals surface area contributed by atoms with Gasteiger partial charge in [-0.3, -0.25) is 14.5 Å². The van der Waals surface area contributed by atoms with Crippen molar-refractivity contribution in [1.29, 1.82) is 0 Å². The Morgan fingerprint density at radius 1 is 1.14 bits per heavy atom. The maximum Gasteiger partial charge on any atom is 0.227 e. The lowest BCUT2D eigenvalue weighted by molar-refractivity contribution is -0.116. The van der Waals surface area contributed by atoms with Gasteiger partial charge < -0.3 is 0 Å². The smallest absolute Gasteiger partial charge is 0.227 e. The Bertz CT molecular complexity index is 784. The van der Waals surface area contributed by atoms with Gasteiger partial charge in [0.25, 0.3) is 0 Å². The van der Waals surface area contributed by atoms with E-state index < -0.39 is 0 Å². The van der Waals surface area contributed by atoms with E-state index in [0.717, 1.165) is 4.90 Å². The molecule has 0 unspecified atom stereocenters. The molecule has 1 aliphatic rings. The summed E-state index contributed by atoms with van der Waals surface area (Å²) >= 11 is 7.25. The van der Waals surface area contributed by atoms with E-state index in [1.807, 2.05) is 18.2 Å². The van der Waals surface area contributed by atoms with Gasteiger partial charge in [-0.05, 0) is 36.4 Å². The number of Topliss-reactive ketones (excluding diaryl/α,β-unsaturated/α-hetero) is 1. The molecule has 0 atom stereocenters. The van der Waals surface area contributed by atoms with E-state index in [9.17, 15) is 9.59 Å². The van der Waals surface area contributed by atoms with Crippen molar-refractivity contribution in [3.05, 3.63) is 70.2 Å². The van der Waals surface area contributed by atoms with Crippen molar-refractivity contribution in [1.82, 2.24) is 0 Å². The first-order valence-electron chi connectivity index (χ1n) is 6.65. The number of ketones is 1. The number of amides is 1. The predicted molar refractivity (Wildman–Crippen MR) is 89.3 cm³/mol. The number of nitrogens with zero attached hydrogens (tertiary/aromatic N) is 1. The number of anilines is 1. The van der Waals surface area contributed by atoms with Crippen molar-refractivity contribution >= 4 is 40.7 Å². The third kappa shape index (κ3) is 2.80. The maximum atomic E-state index is 12.4. The minimum Gasteiger partial charge on any atom is -0.288 e. The van der Waals surface area contributed by atoms with E-state index in [0.29, 0.717) is 21.2 Å². The summed E-state index contributed by atoms with van der Waals surface area (Å²) in [6.45, 7) is 1.46. The summed E-state index contributed by atoms with van der Waals surface area (Å²) in [4.78, 5) is 27.2. The van der Waals surface area contributed by atoms with Crippen LogP contribution in [0.3, 0.4) is 0 Å². The molecule has 110 valence electrons. The second-order valence-electron chi connectivity index (χ2n) is 4.79. The molecule has 1 aliphatic heterocycles. The van der Waals surface area contributed by atoms with Crippen LogP contribution < -0.4 is 4.90 Å². The molecule has 1 heterocycles. The van der Waals surface area contributed by atoms with E-state index in [4.69, 9.17) is 11.6 Å². The average Bonchev–Trinajstić information content (AvgIpc) is 2.82. The molecule has 0 spiro atoms. The van der Waals surface area contributed by atoms with Crippen molar-refractivity contribution in [3.8, 4) is 0 Å². The molecule has 1 amide bonds. The molecule has 0 aliphatic carbocycles. The van der Waals surface area contributed by atoms with Crippen molar-refractivity contribution in [2.75, 3.05) is 4.90 Å². The minimum atomic E-state index is -0.167. The molecule has 0 saturated heterocycles. The topological polar surface area (TPSA) is 37.4 Å². The number of rotatable bonds is 2. The summed E-state index contributed by atoms with van der Waals surface area (Å²) in [6, 6.07) is 14.3. The molecule has 0 saturated carbocycles. The lowest BCUT2D eigenvalue weighted by Gasteiger charge is -2.17. The highest BCUT2D eigenvalue weighted by Crippen LogP contribution is 2.40. The lowest BCUT2D eigenvalue weighted by Crippen LogP contribution is -2.22. The zero-order valence-electron chi connectivity index (χ0n) is 11.7. The first-order valence-corrected chi connectivity index (χ1v) is 7.84. The average molecular weight is 330 g/mol. The van der Waals surface area contributed by atoms with E-state index >= 15 is 0 Å². The number of halogens is 1. The van der Waals surface area contributed by atoms with Gasteiger partial charge in [0.15, 0.2) is 0 Å². The second kappa shape index (κ2) is 5.99. The minimum absolute atomic E-state index is 0.0548. The highest BCUT2D eigenvalue weighted by atomic mass is 35.5. The number of hydrogen-bond acceptors (Lipinski definition) is 3. The van der Waals surface area contributed by atoms with Crippen molar-refractivity contribution in [2.45, 2.75) is 11.8 Å². The van der Waals surface area contributed by atoms with Gasteiger partial charge in [0.1, 0.15) is 0 Å². The van der Waals surface area contributed by atoms with Crippen LogP contribution in [0.15, 0.2) is 64.5 Å². The summed E-state index contributed by atoms with van der Waals surface area (Å²) in [5.41, 5.74) is 1.35.